The molecule has 0 saturated heterocycles. The molecule has 3 rings (SSSR count). The highest BCUT2D eigenvalue weighted by molar-refractivity contribution is 7.98. The van der Waals surface area contributed by atoms with Gasteiger partial charge in [0.2, 0.25) is 0 Å². The van der Waals surface area contributed by atoms with Crippen molar-refractivity contribution in [3.8, 4) is 5.75 Å². The van der Waals surface area contributed by atoms with Crippen LogP contribution >= 0.6 is 35.0 Å². The molecule has 0 aliphatic rings. The van der Waals surface area contributed by atoms with Crippen molar-refractivity contribution < 1.29 is 23.9 Å². The predicted octanol–water partition coefficient (Wildman–Crippen LogP) is 6.19. The van der Waals surface area contributed by atoms with E-state index in [1.54, 1.807) is 37.3 Å². The summed E-state index contributed by atoms with van der Waals surface area (Å²) < 4.78 is 11.0. The zero-order chi connectivity index (χ0) is 27.7. The van der Waals surface area contributed by atoms with E-state index in [2.05, 4.69) is 10.3 Å². The molecule has 1 atom stereocenters. The quantitative estimate of drug-likeness (QED) is 0.228. The van der Waals surface area contributed by atoms with Crippen molar-refractivity contribution in [3.05, 3.63) is 99.5 Å². The van der Waals surface area contributed by atoms with Crippen molar-refractivity contribution in [2.45, 2.75) is 26.3 Å². The van der Waals surface area contributed by atoms with Crippen molar-refractivity contribution in [3.63, 3.8) is 0 Å². The second kappa shape index (κ2) is 14.0. The highest BCUT2D eigenvalue weighted by Gasteiger charge is 2.24. The largest absolute Gasteiger partial charge is 0.429 e. The van der Waals surface area contributed by atoms with Crippen LogP contribution in [0.4, 0.5) is 0 Å². The van der Waals surface area contributed by atoms with Gasteiger partial charge in [-0.25, -0.2) is 9.78 Å². The normalized spacial score (nSPS) is 11.3. The lowest BCUT2D eigenvalue weighted by Gasteiger charge is -2.17. The van der Waals surface area contributed by atoms with Crippen LogP contribution in [0.15, 0.2) is 72.6 Å². The van der Waals surface area contributed by atoms with Crippen LogP contribution in [-0.4, -0.2) is 40.9 Å². The van der Waals surface area contributed by atoms with Gasteiger partial charge in [-0.15, -0.1) is 0 Å². The Labute approximate surface area is 235 Å². The van der Waals surface area contributed by atoms with Crippen LogP contribution in [0.1, 0.15) is 41.9 Å². The number of hydrogen-bond donors (Lipinski definition) is 1. The zero-order valence-corrected chi connectivity index (χ0v) is 23.3. The molecule has 0 aliphatic heterocycles. The topological polar surface area (TPSA) is 94.6 Å². The number of benzene rings is 2. The Morgan fingerprint density at radius 3 is 2.11 bits per heavy atom. The molecule has 0 radical (unpaired) electrons. The first-order valence-corrected chi connectivity index (χ1v) is 13.7. The minimum Gasteiger partial charge on any atom is -0.429 e. The number of amides is 1. The molecule has 1 aromatic heterocycles. The third-order valence-electron chi connectivity index (χ3n) is 5.29. The Kier molecular flexibility index (Phi) is 10.8. The van der Waals surface area contributed by atoms with Gasteiger partial charge < -0.3 is 14.8 Å². The van der Waals surface area contributed by atoms with Gasteiger partial charge in [0.15, 0.2) is 11.4 Å². The summed E-state index contributed by atoms with van der Waals surface area (Å²) in [7, 11) is 0. The maximum absolute atomic E-state index is 13.0. The fraction of sp³-hybridized carbons (Fsp3) is 0.214. The summed E-state index contributed by atoms with van der Waals surface area (Å²) in [4.78, 5) is 41.9. The molecule has 0 fully saturated rings. The molecule has 0 spiro atoms. The van der Waals surface area contributed by atoms with Gasteiger partial charge in [-0.05, 0) is 67.6 Å². The van der Waals surface area contributed by atoms with Gasteiger partial charge in [0.25, 0.3) is 5.91 Å². The number of thioether (sulfide) groups is 1. The second-order valence-corrected chi connectivity index (χ2v) is 9.99. The summed E-state index contributed by atoms with van der Waals surface area (Å²) in [6.07, 6.45) is 3.46. The fourth-order valence-corrected chi connectivity index (χ4v) is 4.05. The first-order valence-electron chi connectivity index (χ1n) is 11.6. The van der Waals surface area contributed by atoms with E-state index in [9.17, 15) is 14.4 Å². The summed E-state index contributed by atoms with van der Waals surface area (Å²) in [5.74, 6) is -0.926. The molecule has 0 saturated carbocycles. The molecule has 10 heteroatoms. The Bertz CT molecular complexity index is 1280. The molecule has 7 nitrogen and oxygen atoms in total. The third kappa shape index (κ3) is 8.08. The molecular weight excluding hydrogens is 547 g/mol. The van der Waals surface area contributed by atoms with Crippen LogP contribution in [0.2, 0.25) is 10.0 Å². The molecule has 38 heavy (non-hydrogen) atoms. The van der Waals surface area contributed by atoms with E-state index in [0.29, 0.717) is 27.1 Å². The maximum Gasteiger partial charge on any atom is 0.333 e. The van der Waals surface area contributed by atoms with Gasteiger partial charge >= 0.3 is 11.9 Å². The maximum atomic E-state index is 13.0. The summed E-state index contributed by atoms with van der Waals surface area (Å²) in [6.45, 7) is 3.15. The number of aromatic nitrogens is 1. The van der Waals surface area contributed by atoms with E-state index in [1.165, 1.54) is 30.9 Å². The average Bonchev–Trinajstić information content (AvgIpc) is 2.90. The Balaban J connectivity index is 1.78. The first-order chi connectivity index (χ1) is 18.2. The summed E-state index contributed by atoms with van der Waals surface area (Å²) in [5.41, 5.74) is 2.11. The van der Waals surface area contributed by atoms with Crippen molar-refractivity contribution in [1.29, 1.82) is 0 Å². The lowest BCUT2D eigenvalue weighted by molar-refractivity contribution is -0.141. The van der Waals surface area contributed by atoms with E-state index in [-0.39, 0.29) is 17.9 Å². The number of carbonyl (C=O) groups excluding carboxylic acids is 3. The number of halogens is 2. The average molecular weight is 573 g/mol. The molecule has 1 amide bonds. The number of nitrogens with zero attached hydrogens (tertiary/aromatic N) is 1. The highest BCUT2D eigenvalue weighted by atomic mass is 35.5. The van der Waals surface area contributed by atoms with E-state index in [1.807, 2.05) is 30.5 Å². The zero-order valence-electron chi connectivity index (χ0n) is 21.0. The van der Waals surface area contributed by atoms with E-state index in [4.69, 9.17) is 32.7 Å². The molecule has 3 aromatic rings. The molecule has 0 unspecified atom stereocenters. The Morgan fingerprint density at radius 2 is 1.55 bits per heavy atom. The van der Waals surface area contributed by atoms with Gasteiger partial charge in [0.1, 0.15) is 11.8 Å². The van der Waals surface area contributed by atoms with Crippen LogP contribution in [-0.2, 0) is 14.3 Å². The highest BCUT2D eigenvalue weighted by Crippen LogP contribution is 2.29. The van der Waals surface area contributed by atoms with Crippen molar-refractivity contribution in [2.75, 3.05) is 12.0 Å². The van der Waals surface area contributed by atoms with E-state index >= 15 is 0 Å². The summed E-state index contributed by atoms with van der Waals surface area (Å²) in [5, 5.41) is 3.70. The number of pyridine rings is 1. The number of nitrogens with one attached hydrogen (secondary N) is 1. The summed E-state index contributed by atoms with van der Waals surface area (Å²) in [6, 6.07) is 16.2. The van der Waals surface area contributed by atoms with Gasteiger partial charge in [-0.3, -0.25) is 9.59 Å². The van der Waals surface area contributed by atoms with Crippen molar-refractivity contribution in [2.24, 2.45) is 0 Å². The molecule has 1 N–H and O–H groups in total. The molecule has 0 aliphatic carbocycles. The predicted molar refractivity (Wildman–Crippen MR) is 150 cm³/mol. The van der Waals surface area contributed by atoms with Crippen LogP contribution in [0.3, 0.4) is 0 Å². The van der Waals surface area contributed by atoms with Crippen LogP contribution in [0.5, 0.6) is 5.75 Å². The lowest BCUT2D eigenvalue weighted by Crippen LogP contribution is -2.40. The van der Waals surface area contributed by atoms with Gasteiger partial charge in [-0.2, -0.15) is 11.8 Å². The fourth-order valence-electron chi connectivity index (χ4n) is 3.42. The molecule has 0 bridgehead atoms. The van der Waals surface area contributed by atoms with E-state index in [0.717, 1.165) is 11.1 Å². The van der Waals surface area contributed by atoms with Gasteiger partial charge in [-0.1, -0.05) is 47.5 Å². The van der Waals surface area contributed by atoms with Crippen LogP contribution in [0, 0.1) is 0 Å². The number of ether oxygens (including phenoxy) is 2. The minimum absolute atomic E-state index is 0.0144. The van der Waals surface area contributed by atoms with Crippen molar-refractivity contribution >= 4 is 58.4 Å². The molecule has 2 aromatic carbocycles. The van der Waals surface area contributed by atoms with Crippen LogP contribution in [0.25, 0.3) is 5.57 Å². The SMILES string of the molecule is CSCCC(=O)Oc1cccnc1C(=O)N[C@@H](C)C(=O)OC(C)=C(c1ccc(Cl)cc1)c1ccc(Cl)cc1. The number of carbonyl (C=O) groups is 3. The lowest BCUT2D eigenvalue weighted by atomic mass is 9.97. The minimum atomic E-state index is -1.03. The number of esters is 2. The number of hydrogen-bond acceptors (Lipinski definition) is 7. The standard InChI is InChI=1S/C28H26Cl2N2O5S/c1-17(32-27(34)26-23(5-4-15-31-26)37-24(33)14-16-38-3)28(35)36-18(2)25(19-6-10-21(29)11-7-19)20-8-12-22(30)13-9-20/h4-13,15,17H,14,16H2,1-3H3,(H,32,34)/t17-/m0/s1. The second-order valence-electron chi connectivity index (χ2n) is 8.13. The Morgan fingerprint density at radius 1 is 0.974 bits per heavy atom. The van der Waals surface area contributed by atoms with E-state index < -0.39 is 23.9 Å². The summed E-state index contributed by atoms with van der Waals surface area (Å²) >= 11 is 13.6. The monoisotopic (exact) mass is 572 g/mol. The number of rotatable bonds is 10. The number of allylic oxidation sites excluding steroid dienone is 1. The van der Waals surface area contributed by atoms with Gasteiger partial charge in [0, 0.05) is 27.6 Å². The Hall–Kier alpha value is -3.33. The molecular formula is C28H26Cl2N2O5S. The van der Waals surface area contributed by atoms with Crippen LogP contribution < -0.4 is 10.1 Å². The molecule has 198 valence electrons. The third-order valence-corrected chi connectivity index (χ3v) is 6.41. The smallest absolute Gasteiger partial charge is 0.333 e. The molecule has 1 heterocycles. The van der Waals surface area contributed by atoms with Gasteiger partial charge in [0.05, 0.1) is 6.42 Å². The van der Waals surface area contributed by atoms with Crippen molar-refractivity contribution in [1.82, 2.24) is 10.3 Å². The first kappa shape index (κ1) is 29.2.